The second-order valence-corrected chi connectivity index (χ2v) is 6.02. The van der Waals surface area contributed by atoms with Crippen LogP contribution < -0.4 is 21.9 Å². The minimum absolute atomic E-state index is 0.0343. The number of hydrogen-bond acceptors (Lipinski definition) is 8. The number of nitrogen functional groups attached to an aromatic ring is 1. The fourth-order valence-corrected chi connectivity index (χ4v) is 2.45. The molecule has 0 saturated heterocycles. The minimum Gasteiger partial charge on any atom is -0.480 e. The molecule has 3 rings (SSSR count). The van der Waals surface area contributed by atoms with Gasteiger partial charge in [-0.05, 0) is 37.6 Å². The number of aromatic nitrogens is 4. The lowest BCUT2D eigenvalue weighted by atomic mass is 10.1. The monoisotopic (exact) mass is 395 g/mol. The maximum atomic E-state index is 12.1. The van der Waals surface area contributed by atoms with Crippen LogP contribution in [0.25, 0.3) is 11.2 Å². The zero-order valence-electron chi connectivity index (χ0n) is 15.0. The lowest BCUT2D eigenvalue weighted by molar-refractivity contribution is -0.139. The molecule has 2 radical (unpaired) electrons. The van der Waals surface area contributed by atoms with E-state index in [-0.39, 0.29) is 35.6 Å². The lowest BCUT2D eigenvalue weighted by Gasteiger charge is -2.12. The molecule has 3 aromatic rings. The Balaban J connectivity index is 1.66. The highest BCUT2D eigenvalue weighted by atomic mass is 16.4. The molecule has 0 saturated carbocycles. The Hall–Kier alpha value is -4.02. The molecule has 29 heavy (non-hydrogen) atoms. The fourth-order valence-electron chi connectivity index (χ4n) is 2.45. The van der Waals surface area contributed by atoms with Crippen molar-refractivity contribution in [2.24, 2.45) is 0 Å². The first kappa shape index (κ1) is 19.7. The summed E-state index contributed by atoms with van der Waals surface area (Å²) in [6, 6.07) is 5.22. The molecule has 2 aromatic heterocycles. The molecule has 0 aliphatic heterocycles. The summed E-state index contributed by atoms with van der Waals surface area (Å²) in [6.07, 6.45) is 1.26. The van der Waals surface area contributed by atoms with E-state index in [2.05, 4.69) is 30.6 Å². The maximum Gasteiger partial charge on any atom is 0.326 e. The molecule has 0 bridgehead atoms. The van der Waals surface area contributed by atoms with Crippen molar-refractivity contribution in [1.29, 1.82) is 0 Å². The number of nitrogens with two attached hydrogens (primary N) is 1. The van der Waals surface area contributed by atoms with E-state index in [1.165, 1.54) is 18.3 Å². The number of amides is 1. The Kier molecular flexibility index (Phi) is 5.67. The Morgan fingerprint density at radius 2 is 1.97 bits per heavy atom. The summed E-state index contributed by atoms with van der Waals surface area (Å²) < 4.78 is 0. The van der Waals surface area contributed by atoms with Crippen LogP contribution in [0.1, 0.15) is 22.5 Å². The average Bonchev–Trinajstić information content (AvgIpc) is 2.70. The van der Waals surface area contributed by atoms with E-state index in [4.69, 9.17) is 17.8 Å². The van der Waals surface area contributed by atoms with Gasteiger partial charge in [-0.1, -0.05) is 0 Å². The molecule has 11 heteroatoms. The third-order valence-electron chi connectivity index (χ3n) is 3.95. The number of nitrogens with zero attached hydrogens (tertiary/aromatic N) is 3. The van der Waals surface area contributed by atoms with Crippen molar-refractivity contribution in [3.05, 3.63) is 59.0 Å². The van der Waals surface area contributed by atoms with Gasteiger partial charge in [0.15, 0.2) is 11.2 Å². The largest absolute Gasteiger partial charge is 0.480 e. The topological polar surface area (TPSA) is 176 Å². The van der Waals surface area contributed by atoms with Gasteiger partial charge in [-0.3, -0.25) is 14.6 Å². The smallest absolute Gasteiger partial charge is 0.326 e. The lowest BCUT2D eigenvalue weighted by Crippen LogP contribution is -2.40. The highest BCUT2D eigenvalue weighted by Gasteiger charge is 2.18. The molecule has 1 atom stereocenters. The zero-order valence-corrected chi connectivity index (χ0v) is 15.0. The number of benzene rings is 1. The molecule has 11 nitrogen and oxygen atoms in total. The van der Waals surface area contributed by atoms with Crippen molar-refractivity contribution >= 4 is 34.7 Å². The Morgan fingerprint density at radius 1 is 1.24 bits per heavy atom. The van der Waals surface area contributed by atoms with E-state index in [1.54, 1.807) is 12.1 Å². The Morgan fingerprint density at radius 3 is 2.62 bits per heavy atom. The molecule has 0 spiro atoms. The number of anilines is 2. The third-order valence-corrected chi connectivity index (χ3v) is 3.95. The maximum absolute atomic E-state index is 12.1. The number of carboxylic acid groups (broad SMARTS) is 1. The van der Waals surface area contributed by atoms with Crippen molar-refractivity contribution in [3.8, 4) is 0 Å². The van der Waals surface area contributed by atoms with Gasteiger partial charge in [0.05, 0.1) is 18.4 Å². The van der Waals surface area contributed by atoms with E-state index >= 15 is 0 Å². The van der Waals surface area contributed by atoms with E-state index in [0.717, 1.165) is 0 Å². The summed E-state index contributed by atoms with van der Waals surface area (Å²) in [5.41, 5.74) is 6.70. The normalized spacial score (nSPS) is 11.8. The van der Waals surface area contributed by atoms with Gasteiger partial charge in [0.25, 0.3) is 11.5 Å². The molecule has 0 unspecified atom stereocenters. The molecule has 2 heterocycles. The molecule has 6 N–H and O–H groups in total. The van der Waals surface area contributed by atoms with Gasteiger partial charge in [-0.2, -0.15) is 4.98 Å². The van der Waals surface area contributed by atoms with Crippen LogP contribution in [0.3, 0.4) is 0 Å². The number of aliphatic carboxylic acids is 1. The van der Waals surface area contributed by atoms with E-state index in [0.29, 0.717) is 11.4 Å². The molecule has 0 aliphatic carbocycles. The first-order valence-corrected chi connectivity index (χ1v) is 8.46. The van der Waals surface area contributed by atoms with Crippen LogP contribution >= 0.6 is 0 Å². The zero-order chi connectivity index (χ0) is 21.0. The standard InChI is InChI=1S/C18H17N7O4/c1-2-12(17(28)29)23-15(26)9-3-5-10(6-4-9)20-7-11-8-21-14-13(22-11)16(27)25-18(19)24-14/h1,3-6,8,12,20H,2,7H2,(H,23,26)(H,28,29)(H3,19,21,24,25,27)/t12-/m0/s1. The first-order chi connectivity index (χ1) is 13.9. The predicted molar refractivity (Wildman–Crippen MR) is 104 cm³/mol. The van der Waals surface area contributed by atoms with Crippen molar-refractivity contribution in [1.82, 2.24) is 25.3 Å². The highest BCUT2D eigenvalue weighted by Crippen LogP contribution is 2.12. The summed E-state index contributed by atoms with van der Waals surface area (Å²) in [7, 11) is 0. The van der Waals surface area contributed by atoms with Gasteiger partial charge >= 0.3 is 5.97 Å². The number of nitrogens with one attached hydrogen (secondary N) is 3. The van der Waals surface area contributed by atoms with Crippen LogP contribution in [-0.2, 0) is 11.3 Å². The summed E-state index contributed by atoms with van der Waals surface area (Å²) in [5, 5.41) is 14.4. The molecular weight excluding hydrogens is 378 g/mol. The van der Waals surface area contributed by atoms with E-state index in [1.807, 2.05) is 0 Å². The Labute approximate surface area is 164 Å². The number of fused-ring (bicyclic) bond motifs is 1. The summed E-state index contributed by atoms with van der Waals surface area (Å²) in [5.74, 6) is -1.78. The van der Waals surface area contributed by atoms with Gasteiger partial charge in [-0.15, -0.1) is 0 Å². The quantitative estimate of drug-likeness (QED) is 0.374. The first-order valence-electron chi connectivity index (χ1n) is 8.46. The second-order valence-electron chi connectivity index (χ2n) is 6.02. The predicted octanol–water partition coefficient (Wildman–Crippen LogP) is 0.192. The molecule has 0 aliphatic rings. The molecule has 1 aromatic carbocycles. The SMILES string of the molecule is [CH]C[C@H](NC(=O)c1ccc(NCc2cnc3nc(N)[nH]c(=O)c3n2)cc1)C(=O)O. The van der Waals surface area contributed by atoms with Gasteiger partial charge in [0, 0.05) is 11.3 Å². The highest BCUT2D eigenvalue weighted by molar-refractivity contribution is 5.96. The molecule has 0 fully saturated rings. The molecular formula is C18H17N7O4. The van der Waals surface area contributed by atoms with Gasteiger partial charge < -0.3 is 21.5 Å². The van der Waals surface area contributed by atoms with Crippen LogP contribution in [0.4, 0.5) is 11.6 Å². The van der Waals surface area contributed by atoms with Gasteiger partial charge in [-0.25, -0.2) is 14.8 Å². The number of hydrogen-bond donors (Lipinski definition) is 5. The summed E-state index contributed by atoms with van der Waals surface area (Å²) >= 11 is 0. The number of carbonyl (C=O) groups is 2. The van der Waals surface area contributed by atoms with Crippen LogP contribution in [0.5, 0.6) is 0 Å². The number of aromatic amines is 1. The van der Waals surface area contributed by atoms with Crippen molar-refractivity contribution < 1.29 is 14.7 Å². The van der Waals surface area contributed by atoms with E-state index < -0.39 is 23.5 Å². The van der Waals surface area contributed by atoms with Crippen LogP contribution in [0.2, 0.25) is 0 Å². The van der Waals surface area contributed by atoms with Crippen LogP contribution in [0, 0.1) is 6.92 Å². The van der Waals surface area contributed by atoms with Crippen molar-refractivity contribution in [3.63, 3.8) is 0 Å². The third kappa shape index (κ3) is 4.64. The van der Waals surface area contributed by atoms with Crippen LogP contribution in [0.15, 0.2) is 35.3 Å². The number of carboxylic acids is 1. The second kappa shape index (κ2) is 8.33. The Bertz CT molecular complexity index is 1110. The van der Waals surface area contributed by atoms with Crippen LogP contribution in [-0.4, -0.2) is 43.0 Å². The average molecular weight is 395 g/mol. The van der Waals surface area contributed by atoms with Crippen molar-refractivity contribution in [2.75, 3.05) is 11.1 Å². The van der Waals surface area contributed by atoms with Gasteiger partial charge in [0.2, 0.25) is 5.95 Å². The number of rotatable bonds is 7. The van der Waals surface area contributed by atoms with Gasteiger partial charge in [0.1, 0.15) is 6.04 Å². The summed E-state index contributed by atoms with van der Waals surface area (Å²) in [4.78, 5) is 49.5. The number of carbonyl (C=O) groups excluding carboxylic acids is 1. The minimum atomic E-state index is -1.20. The van der Waals surface area contributed by atoms with E-state index in [9.17, 15) is 14.4 Å². The number of H-pyrrole nitrogens is 1. The fraction of sp³-hybridized carbons (Fsp3) is 0.167. The summed E-state index contributed by atoms with van der Waals surface area (Å²) in [6.45, 7) is 5.59. The molecule has 1 amide bonds. The molecule has 148 valence electrons. The van der Waals surface area contributed by atoms with Crippen molar-refractivity contribution in [2.45, 2.75) is 19.0 Å².